The minimum absolute atomic E-state index is 0.421. The largest absolute Gasteiger partial charge is 0.444 e. The van der Waals surface area contributed by atoms with Crippen LogP contribution in [0.5, 0.6) is 0 Å². The number of hydrogen-bond acceptors (Lipinski definition) is 2. The van der Waals surface area contributed by atoms with Gasteiger partial charge in [-0.2, -0.15) is 0 Å². The van der Waals surface area contributed by atoms with Crippen molar-refractivity contribution < 1.29 is 14.0 Å². The zero-order valence-corrected chi connectivity index (χ0v) is 8.88. The van der Waals surface area contributed by atoms with Gasteiger partial charge in [-0.15, -0.1) is 0 Å². The van der Waals surface area contributed by atoms with Crippen molar-refractivity contribution in [2.24, 2.45) is 5.73 Å². The van der Waals surface area contributed by atoms with Gasteiger partial charge in [0.15, 0.2) is 0 Å². The Kier molecular flexibility index (Phi) is 5.46. The van der Waals surface area contributed by atoms with Gasteiger partial charge in [-0.25, -0.2) is 4.79 Å². The van der Waals surface area contributed by atoms with E-state index in [-0.39, 0.29) is 0 Å². The summed E-state index contributed by atoms with van der Waals surface area (Å²) >= 11 is 0. The van der Waals surface area contributed by atoms with Crippen molar-refractivity contribution in [2.75, 3.05) is 32.8 Å². The Bertz CT molecular complexity index is 147. The van der Waals surface area contributed by atoms with Crippen LogP contribution in [0.25, 0.3) is 0 Å². The molecule has 0 aromatic heterocycles. The summed E-state index contributed by atoms with van der Waals surface area (Å²) in [5.41, 5.74) is 4.88. The van der Waals surface area contributed by atoms with Gasteiger partial charge >= 0.3 is 6.09 Å². The van der Waals surface area contributed by atoms with Crippen molar-refractivity contribution in [1.82, 2.24) is 0 Å². The summed E-state index contributed by atoms with van der Waals surface area (Å²) in [4.78, 5) is 10.3. The molecular weight excluding hydrogens is 168 g/mol. The number of rotatable bonds is 6. The lowest BCUT2D eigenvalue weighted by atomic mass is 10.3. The van der Waals surface area contributed by atoms with Crippen LogP contribution in [0.15, 0.2) is 0 Å². The summed E-state index contributed by atoms with van der Waals surface area (Å²) in [5, 5.41) is 0. The molecule has 0 unspecified atom stereocenters. The molecule has 78 valence electrons. The lowest BCUT2D eigenvalue weighted by Crippen LogP contribution is -2.49. The van der Waals surface area contributed by atoms with Crippen LogP contribution in [0.1, 0.15) is 20.8 Å². The number of ether oxygens (including phenoxy) is 1. The monoisotopic (exact) mass is 189 g/mol. The third-order valence-electron chi connectivity index (χ3n) is 2.82. The van der Waals surface area contributed by atoms with E-state index in [2.05, 4.69) is 20.8 Å². The fourth-order valence-electron chi connectivity index (χ4n) is 1.49. The van der Waals surface area contributed by atoms with Crippen molar-refractivity contribution in [3.63, 3.8) is 0 Å². The molecule has 0 heterocycles. The zero-order valence-electron chi connectivity index (χ0n) is 8.88. The molecule has 0 fully saturated rings. The van der Waals surface area contributed by atoms with E-state index in [1.807, 2.05) is 0 Å². The summed E-state index contributed by atoms with van der Waals surface area (Å²) in [6.45, 7) is 10.9. The van der Waals surface area contributed by atoms with E-state index in [0.717, 1.165) is 30.7 Å². The second-order valence-electron chi connectivity index (χ2n) is 3.18. The van der Waals surface area contributed by atoms with Gasteiger partial charge in [-0.05, 0) is 20.8 Å². The van der Waals surface area contributed by atoms with Crippen molar-refractivity contribution in [2.45, 2.75) is 20.8 Å². The molecule has 0 bridgehead atoms. The highest BCUT2D eigenvalue weighted by atomic mass is 16.5. The molecule has 4 heteroatoms. The number of carbonyl (C=O) groups excluding carboxylic acids is 1. The molecule has 0 rings (SSSR count). The SMILES string of the molecule is CC[N+](CC)(CC)CCOC(N)=O. The van der Waals surface area contributed by atoms with Gasteiger partial charge in [-0.3, -0.25) is 0 Å². The van der Waals surface area contributed by atoms with E-state index >= 15 is 0 Å². The quantitative estimate of drug-likeness (QED) is 0.633. The Balaban J connectivity index is 3.88. The van der Waals surface area contributed by atoms with E-state index in [4.69, 9.17) is 10.5 Å². The lowest BCUT2D eigenvalue weighted by Gasteiger charge is -2.35. The Labute approximate surface area is 80.2 Å². The average molecular weight is 189 g/mol. The van der Waals surface area contributed by atoms with Gasteiger partial charge < -0.3 is 15.0 Å². The molecule has 0 aliphatic carbocycles. The fraction of sp³-hybridized carbons (Fsp3) is 0.889. The summed E-state index contributed by atoms with van der Waals surface area (Å²) in [6, 6.07) is 0. The first-order valence-corrected chi connectivity index (χ1v) is 4.87. The molecule has 0 aromatic rings. The topological polar surface area (TPSA) is 52.3 Å². The minimum Gasteiger partial charge on any atom is -0.444 e. The molecule has 0 atom stereocenters. The van der Waals surface area contributed by atoms with Crippen LogP contribution in [-0.2, 0) is 4.74 Å². The van der Waals surface area contributed by atoms with Gasteiger partial charge in [0.25, 0.3) is 0 Å². The molecule has 0 saturated carbocycles. The van der Waals surface area contributed by atoms with Gasteiger partial charge in [0.1, 0.15) is 13.2 Å². The summed E-state index contributed by atoms with van der Waals surface area (Å²) in [5.74, 6) is 0. The van der Waals surface area contributed by atoms with Crippen molar-refractivity contribution in [1.29, 1.82) is 0 Å². The molecule has 4 nitrogen and oxygen atoms in total. The van der Waals surface area contributed by atoms with Crippen LogP contribution < -0.4 is 5.73 Å². The molecular formula is C9H21N2O2+. The van der Waals surface area contributed by atoms with Crippen LogP contribution in [0.4, 0.5) is 4.79 Å². The first-order valence-electron chi connectivity index (χ1n) is 4.87. The van der Waals surface area contributed by atoms with E-state index in [1.54, 1.807) is 0 Å². The highest BCUT2D eigenvalue weighted by molar-refractivity contribution is 5.64. The number of hydrogen-bond donors (Lipinski definition) is 1. The number of nitrogens with two attached hydrogens (primary N) is 1. The summed E-state index contributed by atoms with van der Waals surface area (Å²) in [6.07, 6.45) is -0.679. The number of quaternary nitrogens is 1. The van der Waals surface area contributed by atoms with Gasteiger partial charge in [0.05, 0.1) is 19.6 Å². The van der Waals surface area contributed by atoms with Crippen molar-refractivity contribution in [3.05, 3.63) is 0 Å². The molecule has 0 spiro atoms. The van der Waals surface area contributed by atoms with E-state index in [1.165, 1.54) is 0 Å². The maximum absolute atomic E-state index is 10.3. The normalized spacial score (nSPS) is 11.3. The van der Waals surface area contributed by atoms with Crippen LogP contribution in [0.2, 0.25) is 0 Å². The van der Waals surface area contributed by atoms with Crippen LogP contribution in [0, 0.1) is 0 Å². The van der Waals surface area contributed by atoms with Crippen molar-refractivity contribution >= 4 is 6.09 Å². The minimum atomic E-state index is -0.679. The average Bonchev–Trinajstić information content (AvgIpc) is 2.13. The predicted molar refractivity (Wildman–Crippen MR) is 52.3 cm³/mol. The lowest BCUT2D eigenvalue weighted by molar-refractivity contribution is -0.923. The molecule has 0 aliphatic heterocycles. The molecule has 0 saturated heterocycles. The van der Waals surface area contributed by atoms with Crippen LogP contribution in [-0.4, -0.2) is 43.4 Å². The third kappa shape index (κ3) is 4.12. The first kappa shape index (κ1) is 12.2. The summed E-state index contributed by atoms with van der Waals surface area (Å²) in [7, 11) is 0. The molecule has 0 aromatic carbocycles. The highest BCUT2D eigenvalue weighted by Crippen LogP contribution is 2.04. The molecule has 1 amide bonds. The Morgan fingerprint density at radius 3 is 2.00 bits per heavy atom. The van der Waals surface area contributed by atoms with E-state index in [9.17, 15) is 4.79 Å². The zero-order chi connectivity index (χ0) is 10.3. The standard InChI is InChI=1S/C9H20N2O2/c1-4-11(5-2,6-3)7-8-13-9(10)12/h4-8H2,1-3H3,(H-,10,12)/p+1. The second-order valence-corrected chi connectivity index (χ2v) is 3.18. The fourth-order valence-corrected chi connectivity index (χ4v) is 1.49. The van der Waals surface area contributed by atoms with E-state index in [0.29, 0.717) is 6.61 Å². The first-order chi connectivity index (χ1) is 6.10. The number of amides is 1. The maximum atomic E-state index is 10.3. The van der Waals surface area contributed by atoms with Gasteiger partial charge in [0, 0.05) is 0 Å². The molecule has 13 heavy (non-hydrogen) atoms. The predicted octanol–water partition coefficient (Wildman–Crippen LogP) is 0.958. The number of nitrogens with zero attached hydrogens (tertiary/aromatic N) is 1. The third-order valence-corrected chi connectivity index (χ3v) is 2.82. The number of primary amides is 1. The van der Waals surface area contributed by atoms with Crippen LogP contribution >= 0.6 is 0 Å². The second kappa shape index (κ2) is 5.80. The Hall–Kier alpha value is -0.770. The highest BCUT2D eigenvalue weighted by Gasteiger charge is 2.20. The maximum Gasteiger partial charge on any atom is 0.404 e. The van der Waals surface area contributed by atoms with Crippen LogP contribution in [0.3, 0.4) is 0 Å². The summed E-state index contributed by atoms with van der Waals surface area (Å²) < 4.78 is 5.71. The number of likely N-dealkylation sites (N-methyl/N-ethyl adjacent to an activating group) is 1. The molecule has 2 N–H and O–H groups in total. The Morgan fingerprint density at radius 2 is 1.69 bits per heavy atom. The Morgan fingerprint density at radius 1 is 1.23 bits per heavy atom. The molecule has 0 aliphatic rings. The smallest absolute Gasteiger partial charge is 0.404 e. The van der Waals surface area contributed by atoms with Gasteiger partial charge in [-0.1, -0.05) is 0 Å². The van der Waals surface area contributed by atoms with E-state index < -0.39 is 6.09 Å². The van der Waals surface area contributed by atoms with Crippen molar-refractivity contribution in [3.8, 4) is 0 Å². The number of carbonyl (C=O) groups is 1. The van der Waals surface area contributed by atoms with Gasteiger partial charge in [0.2, 0.25) is 0 Å². The molecule has 0 radical (unpaired) electrons.